The van der Waals surface area contributed by atoms with Crippen LogP contribution in [0, 0.1) is 0 Å². The molecule has 1 aliphatic rings. The van der Waals surface area contributed by atoms with Crippen molar-refractivity contribution in [1.29, 1.82) is 0 Å². The van der Waals surface area contributed by atoms with Crippen molar-refractivity contribution in [1.82, 2.24) is 15.0 Å². The second-order valence-corrected chi connectivity index (χ2v) is 8.76. The quantitative estimate of drug-likeness (QED) is 0.406. The van der Waals surface area contributed by atoms with Crippen molar-refractivity contribution in [2.45, 2.75) is 0 Å². The van der Waals surface area contributed by atoms with Crippen LogP contribution in [0.25, 0.3) is 43.2 Å². The number of benzene rings is 3. The number of aromatic nitrogens is 3. The van der Waals surface area contributed by atoms with Gasteiger partial charge in [-0.2, -0.15) is 0 Å². The van der Waals surface area contributed by atoms with E-state index in [2.05, 4.69) is 34.1 Å². The molecule has 6 rings (SSSR count). The Bertz CT molecular complexity index is 1390. The van der Waals surface area contributed by atoms with Gasteiger partial charge in [0.1, 0.15) is 16.6 Å². The predicted molar refractivity (Wildman–Crippen MR) is 130 cm³/mol. The first kappa shape index (κ1) is 19.3. The third kappa shape index (κ3) is 3.30. The molecule has 3 heterocycles. The Morgan fingerprint density at radius 3 is 2.62 bits per heavy atom. The summed E-state index contributed by atoms with van der Waals surface area (Å²) in [7, 11) is 1.68. The Kier molecular flexibility index (Phi) is 4.78. The van der Waals surface area contributed by atoms with E-state index in [4.69, 9.17) is 19.4 Å². The third-order valence-corrected chi connectivity index (χ3v) is 6.97. The van der Waals surface area contributed by atoms with Gasteiger partial charge in [-0.3, -0.25) is 0 Å². The van der Waals surface area contributed by atoms with Crippen LogP contribution in [0.2, 0.25) is 0 Å². The van der Waals surface area contributed by atoms with Crippen LogP contribution in [-0.2, 0) is 4.74 Å². The molecule has 0 saturated carbocycles. The largest absolute Gasteiger partial charge is 0.497 e. The average molecular weight is 443 g/mol. The van der Waals surface area contributed by atoms with E-state index in [1.54, 1.807) is 18.4 Å². The van der Waals surface area contributed by atoms with Crippen LogP contribution in [0.1, 0.15) is 0 Å². The van der Waals surface area contributed by atoms with Crippen molar-refractivity contribution in [3.63, 3.8) is 0 Å². The minimum absolute atomic E-state index is 0.761. The van der Waals surface area contributed by atoms with Gasteiger partial charge in [0.2, 0.25) is 0 Å². The number of morpholine rings is 1. The summed E-state index contributed by atoms with van der Waals surface area (Å²) in [5.74, 6) is 1.60. The number of H-pyrrole nitrogens is 1. The molecule has 5 aromatic rings. The van der Waals surface area contributed by atoms with E-state index in [0.29, 0.717) is 0 Å². The van der Waals surface area contributed by atoms with Crippen molar-refractivity contribution in [2.75, 3.05) is 38.3 Å². The van der Waals surface area contributed by atoms with Gasteiger partial charge in [-0.1, -0.05) is 18.2 Å². The lowest BCUT2D eigenvalue weighted by Crippen LogP contribution is -2.36. The van der Waals surface area contributed by atoms with Gasteiger partial charge in [-0.15, -0.1) is 11.3 Å². The zero-order chi connectivity index (χ0) is 21.5. The van der Waals surface area contributed by atoms with Crippen LogP contribution >= 0.6 is 11.3 Å². The highest BCUT2D eigenvalue weighted by atomic mass is 32.1. The molecule has 0 spiro atoms. The first-order valence-corrected chi connectivity index (χ1v) is 11.5. The number of nitrogens with zero attached hydrogens (tertiary/aromatic N) is 3. The molecular formula is C25H22N4O2S. The monoisotopic (exact) mass is 442 g/mol. The first-order valence-electron chi connectivity index (χ1n) is 10.7. The summed E-state index contributed by atoms with van der Waals surface area (Å²) in [5.41, 5.74) is 6.21. The smallest absolute Gasteiger partial charge is 0.139 e. The molecule has 1 aliphatic heterocycles. The SMILES string of the molecule is COc1ccc(-c2nc3cccc(N4CCOCC4)c3s2)c(-c2nc3ccccc3[nH]2)c1. The van der Waals surface area contributed by atoms with Crippen LogP contribution in [0.3, 0.4) is 0 Å². The third-order valence-electron chi connectivity index (χ3n) is 5.85. The zero-order valence-corrected chi connectivity index (χ0v) is 18.5. The summed E-state index contributed by atoms with van der Waals surface area (Å²) in [4.78, 5) is 15.7. The van der Waals surface area contributed by atoms with Crippen LogP contribution in [-0.4, -0.2) is 48.4 Å². The maximum Gasteiger partial charge on any atom is 0.139 e. The lowest BCUT2D eigenvalue weighted by Gasteiger charge is -2.29. The molecule has 0 radical (unpaired) electrons. The fraction of sp³-hybridized carbons (Fsp3) is 0.200. The van der Waals surface area contributed by atoms with Crippen molar-refractivity contribution < 1.29 is 9.47 Å². The molecule has 1 saturated heterocycles. The molecule has 0 unspecified atom stereocenters. The molecule has 0 amide bonds. The average Bonchev–Trinajstić information content (AvgIpc) is 3.48. The van der Waals surface area contributed by atoms with Gasteiger partial charge in [-0.25, -0.2) is 9.97 Å². The van der Waals surface area contributed by atoms with Crippen molar-refractivity contribution in [2.24, 2.45) is 0 Å². The Balaban J connectivity index is 1.51. The maximum absolute atomic E-state index is 5.54. The number of anilines is 1. The van der Waals surface area contributed by atoms with E-state index in [9.17, 15) is 0 Å². The van der Waals surface area contributed by atoms with Crippen molar-refractivity contribution >= 4 is 38.3 Å². The van der Waals surface area contributed by atoms with E-state index in [1.807, 2.05) is 36.4 Å². The molecule has 32 heavy (non-hydrogen) atoms. The molecule has 160 valence electrons. The Labute approximate surface area is 189 Å². The fourth-order valence-electron chi connectivity index (χ4n) is 4.22. The lowest BCUT2D eigenvalue weighted by molar-refractivity contribution is 0.123. The van der Waals surface area contributed by atoms with E-state index in [0.717, 1.165) is 70.6 Å². The number of aromatic amines is 1. The minimum atomic E-state index is 0.761. The molecule has 6 nitrogen and oxygen atoms in total. The highest BCUT2D eigenvalue weighted by Gasteiger charge is 2.19. The summed E-state index contributed by atoms with van der Waals surface area (Å²) in [6.07, 6.45) is 0. The van der Waals surface area contributed by atoms with Crippen LogP contribution in [0.4, 0.5) is 5.69 Å². The van der Waals surface area contributed by atoms with Gasteiger partial charge in [0.05, 0.1) is 47.3 Å². The second-order valence-electron chi connectivity index (χ2n) is 7.76. The highest BCUT2D eigenvalue weighted by Crippen LogP contribution is 2.41. The summed E-state index contributed by atoms with van der Waals surface area (Å²) in [5, 5.41) is 0.971. The number of hydrogen-bond acceptors (Lipinski definition) is 6. The van der Waals surface area contributed by atoms with Gasteiger partial charge >= 0.3 is 0 Å². The number of hydrogen-bond donors (Lipinski definition) is 1. The molecule has 0 bridgehead atoms. The number of nitrogens with one attached hydrogen (secondary N) is 1. The standard InChI is InChI=1S/C25H22N4O2S/c1-30-16-9-10-17(18(15-16)24-26-19-5-2-3-6-20(19)27-24)25-28-21-7-4-8-22(23(21)32-25)29-11-13-31-14-12-29/h2-10,15H,11-14H2,1H3,(H,26,27). The fourth-order valence-corrected chi connectivity index (χ4v) is 5.36. The predicted octanol–water partition coefficient (Wildman–Crippen LogP) is 5.35. The molecule has 0 aliphatic carbocycles. The molecule has 2 aromatic heterocycles. The second kappa shape index (κ2) is 7.93. The molecule has 3 aromatic carbocycles. The normalized spacial score (nSPS) is 14.3. The molecule has 0 atom stereocenters. The van der Waals surface area contributed by atoms with Gasteiger partial charge in [-0.05, 0) is 42.5 Å². The van der Waals surface area contributed by atoms with Crippen molar-refractivity contribution in [3.05, 3.63) is 60.7 Å². The van der Waals surface area contributed by atoms with E-state index < -0.39 is 0 Å². The number of rotatable bonds is 4. The number of imidazole rings is 1. The van der Waals surface area contributed by atoms with Crippen LogP contribution in [0.15, 0.2) is 60.7 Å². The number of fused-ring (bicyclic) bond motifs is 2. The number of ether oxygens (including phenoxy) is 2. The molecule has 1 fully saturated rings. The lowest BCUT2D eigenvalue weighted by atomic mass is 10.1. The Morgan fingerprint density at radius 2 is 1.78 bits per heavy atom. The van der Waals surface area contributed by atoms with Gasteiger partial charge in [0, 0.05) is 24.2 Å². The van der Waals surface area contributed by atoms with Gasteiger partial charge in [0.15, 0.2) is 0 Å². The Morgan fingerprint density at radius 1 is 0.938 bits per heavy atom. The summed E-state index contributed by atoms with van der Waals surface area (Å²) >= 11 is 1.72. The zero-order valence-electron chi connectivity index (χ0n) is 17.7. The summed E-state index contributed by atoms with van der Waals surface area (Å²) in [6, 6.07) is 20.5. The van der Waals surface area contributed by atoms with E-state index in [-0.39, 0.29) is 0 Å². The van der Waals surface area contributed by atoms with E-state index >= 15 is 0 Å². The van der Waals surface area contributed by atoms with Crippen molar-refractivity contribution in [3.8, 4) is 27.7 Å². The Hall–Kier alpha value is -3.42. The number of thiazole rings is 1. The maximum atomic E-state index is 5.54. The number of methoxy groups -OCH3 is 1. The van der Waals surface area contributed by atoms with E-state index in [1.165, 1.54) is 10.4 Å². The molecule has 1 N–H and O–H groups in total. The topological polar surface area (TPSA) is 63.3 Å². The minimum Gasteiger partial charge on any atom is -0.497 e. The summed E-state index contributed by atoms with van der Waals surface area (Å²) in [6.45, 7) is 3.33. The number of para-hydroxylation sites is 2. The first-order chi connectivity index (χ1) is 15.8. The van der Waals surface area contributed by atoms with Gasteiger partial charge in [0.25, 0.3) is 0 Å². The summed E-state index contributed by atoms with van der Waals surface area (Å²) < 4.78 is 12.3. The highest BCUT2D eigenvalue weighted by molar-refractivity contribution is 7.22. The molecule has 7 heteroatoms. The van der Waals surface area contributed by atoms with Gasteiger partial charge < -0.3 is 19.4 Å². The van der Waals surface area contributed by atoms with Crippen LogP contribution in [0.5, 0.6) is 5.75 Å². The van der Waals surface area contributed by atoms with Crippen LogP contribution < -0.4 is 9.64 Å². The molecular weight excluding hydrogens is 420 g/mol.